The zero-order valence-corrected chi connectivity index (χ0v) is 20.0. The minimum absolute atomic E-state index is 0. The van der Waals surface area contributed by atoms with Gasteiger partial charge in [-0.15, -0.1) is 24.0 Å². The second-order valence-corrected chi connectivity index (χ2v) is 7.53. The van der Waals surface area contributed by atoms with Gasteiger partial charge in [-0.1, -0.05) is 0 Å². The summed E-state index contributed by atoms with van der Waals surface area (Å²) in [5.41, 5.74) is 0.0370. The Morgan fingerprint density at radius 2 is 2.17 bits per heavy atom. The van der Waals surface area contributed by atoms with Crippen LogP contribution in [0.25, 0.3) is 0 Å². The molecule has 1 aromatic heterocycles. The summed E-state index contributed by atoms with van der Waals surface area (Å²) in [6, 6.07) is 0. The van der Waals surface area contributed by atoms with Gasteiger partial charge in [-0.05, 0) is 25.7 Å². The number of aryl methyl sites for hydroxylation is 2. The molecule has 10 heteroatoms. The minimum Gasteiger partial charge on any atom is -0.382 e. The first kappa shape index (κ1) is 24.1. The summed E-state index contributed by atoms with van der Waals surface area (Å²) < 4.78 is 14.1. The predicted molar refractivity (Wildman–Crippen MR) is 123 cm³/mol. The highest BCUT2D eigenvalue weighted by Crippen LogP contribution is 2.16. The first-order valence-electron chi connectivity index (χ1n) is 10.4. The number of methoxy groups -OCH3 is 1. The number of likely N-dealkylation sites (tertiary alicyclic amines) is 1. The van der Waals surface area contributed by atoms with E-state index in [2.05, 4.69) is 20.3 Å². The number of rotatable bonds is 9. The Morgan fingerprint density at radius 3 is 2.93 bits per heavy atom. The lowest BCUT2D eigenvalue weighted by molar-refractivity contribution is 0.0536. The van der Waals surface area contributed by atoms with Crippen LogP contribution in [0.15, 0.2) is 9.79 Å². The molecule has 1 N–H and O–H groups in total. The maximum atomic E-state index is 12.4. The van der Waals surface area contributed by atoms with E-state index in [0.717, 1.165) is 76.7 Å². The van der Waals surface area contributed by atoms with E-state index in [-0.39, 0.29) is 29.7 Å². The van der Waals surface area contributed by atoms with E-state index in [1.807, 2.05) is 11.6 Å². The molecule has 0 aliphatic carbocycles. The third-order valence-electron chi connectivity index (χ3n) is 5.44. The summed E-state index contributed by atoms with van der Waals surface area (Å²) in [6.45, 7) is 6.23. The van der Waals surface area contributed by atoms with E-state index < -0.39 is 0 Å². The molecule has 2 aliphatic rings. The quantitative estimate of drug-likeness (QED) is 0.225. The van der Waals surface area contributed by atoms with Gasteiger partial charge in [0.05, 0.1) is 19.8 Å². The number of nitrogens with zero attached hydrogens (tertiary/aromatic N) is 5. The number of hydrogen-bond donors (Lipinski definition) is 1. The first-order chi connectivity index (χ1) is 13.7. The monoisotopic (exact) mass is 522 g/mol. The van der Waals surface area contributed by atoms with Gasteiger partial charge in [-0.25, -0.2) is 9.48 Å². The Bertz CT molecular complexity index is 705. The largest absolute Gasteiger partial charge is 0.382 e. The van der Waals surface area contributed by atoms with Gasteiger partial charge in [0, 0.05) is 59.2 Å². The summed E-state index contributed by atoms with van der Waals surface area (Å²) in [5, 5.41) is 7.92. The summed E-state index contributed by atoms with van der Waals surface area (Å²) >= 11 is 0. The standard InChI is InChI=1S/C19H34N6O3.HI/c1-20-18(23-11-7-16(14-23)15-28-13-12-27-2)21-8-5-10-25-19(26)24-9-4-3-6-17(24)22-25;/h16H,3-15H2,1-2H3,(H,20,21);1H. The Hall–Kier alpha value is -1.14. The van der Waals surface area contributed by atoms with E-state index in [1.165, 1.54) is 0 Å². The second kappa shape index (κ2) is 12.5. The molecule has 0 spiro atoms. The van der Waals surface area contributed by atoms with Crippen molar-refractivity contribution in [1.82, 2.24) is 24.6 Å². The average Bonchev–Trinajstić information content (AvgIpc) is 3.31. The molecule has 0 bridgehead atoms. The van der Waals surface area contributed by atoms with Crippen LogP contribution in [0.2, 0.25) is 0 Å². The van der Waals surface area contributed by atoms with Gasteiger partial charge >= 0.3 is 5.69 Å². The molecular formula is C19H35IN6O3. The number of fused-ring (bicyclic) bond motifs is 1. The van der Waals surface area contributed by atoms with Gasteiger partial charge in [0.2, 0.25) is 0 Å². The highest BCUT2D eigenvalue weighted by Gasteiger charge is 2.25. The molecule has 0 radical (unpaired) electrons. The van der Waals surface area contributed by atoms with Gasteiger partial charge in [0.1, 0.15) is 5.82 Å². The zero-order chi connectivity index (χ0) is 19.8. The average molecular weight is 522 g/mol. The maximum Gasteiger partial charge on any atom is 0.345 e. The fraction of sp³-hybridized carbons (Fsp3) is 0.842. The number of guanidine groups is 1. The van der Waals surface area contributed by atoms with Crippen molar-refractivity contribution in [1.29, 1.82) is 0 Å². The van der Waals surface area contributed by atoms with Crippen LogP contribution in [-0.4, -0.2) is 78.8 Å². The molecule has 0 aromatic carbocycles. The van der Waals surface area contributed by atoms with Gasteiger partial charge in [-0.2, -0.15) is 5.10 Å². The Morgan fingerprint density at radius 1 is 1.31 bits per heavy atom. The molecule has 29 heavy (non-hydrogen) atoms. The highest BCUT2D eigenvalue weighted by atomic mass is 127. The Balaban J connectivity index is 0.00000300. The summed E-state index contributed by atoms with van der Waals surface area (Å²) in [6.07, 6.45) is 5.07. The molecule has 9 nitrogen and oxygen atoms in total. The van der Waals surface area contributed by atoms with Crippen LogP contribution in [-0.2, 0) is 29.0 Å². The van der Waals surface area contributed by atoms with E-state index in [0.29, 0.717) is 25.7 Å². The summed E-state index contributed by atoms with van der Waals surface area (Å²) in [4.78, 5) is 19.1. The summed E-state index contributed by atoms with van der Waals surface area (Å²) in [7, 11) is 3.51. The third-order valence-corrected chi connectivity index (χ3v) is 5.44. The lowest BCUT2D eigenvalue weighted by Gasteiger charge is -2.21. The molecule has 3 heterocycles. The van der Waals surface area contributed by atoms with Crippen molar-refractivity contribution in [2.24, 2.45) is 10.9 Å². The molecule has 1 aromatic rings. The van der Waals surface area contributed by atoms with Crippen molar-refractivity contribution in [2.45, 2.75) is 45.2 Å². The number of halogens is 1. The van der Waals surface area contributed by atoms with E-state index in [9.17, 15) is 4.79 Å². The Labute approximate surface area is 189 Å². The van der Waals surface area contributed by atoms with Crippen molar-refractivity contribution < 1.29 is 9.47 Å². The summed E-state index contributed by atoms with van der Waals surface area (Å²) in [5.74, 6) is 2.40. The zero-order valence-electron chi connectivity index (χ0n) is 17.6. The number of nitrogens with one attached hydrogen (secondary N) is 1. The molecule has 2 aliphatic heterocycles. The molecule has 1 fully saturated rings. The lowest BCUT2D eigenvalue weighted by atomic mass is 10.1. The van der Waals surface area contributed by atoms with Crippen LogP contribution in [0.5, 0.6) is 0 Å². The van der Waals surface area contributed by atoms with Gasteiger partial charge in [0.15, 0.2) is 5.96 Å². The number of ether oxygens (including phenoxy) is 2. The molecule has 1 saturated heterocycles. The van der Waals surface area contributed by atoms with Crippen LogP contribution < -0.4 is 11.0 Å². The molecule has 166 valence electrons. The highest BCUT2D eigenvalue weighted by molar-refractivity contribution is 14.0. The fourth-order valence-electron chi connectivity index (χ4n) is 3.91. The van der Waals surface area contributed by atoms with Gasteiger partial charge in [-0.3, -0.25) is 9.56 Å². The van der Waals surface area contributed by atoms with E-state index >= 15 is 0 Å². The minimum atomic E-state index is 0. The smallest absolute Gasteiger partial charge is 0.345 e. The van der Waals surface area contributed by atoms with Crippen molar-refractivity contribution >= 4 is 29.9 Å². The van der Waals surface area contributed by atoms with Crippen LogP contribution in [0.1, 0.15) is 31.5 Å². The van der Waals surface area contributed by atoms with Crippen LogP contribution in [0.3, 0.4) is 0 Å². The van der Waals surface area contributed by atoms with Crippen LogP contribution in [0.4, 0.5) is 0 Å². The number of aliphatic imine (C=N–C) groups is 1. The third kappa shape index (κ3) is 6.68. The van der Waals surface area contributed by atoms with E-state index in [4.69, 9.17) is 9.47 Å². The van der Waals surface area contributed by atoms with Crippen molar-refractivity contribution in [2.75, 3.05) is 53.6 Å². The molecule has 1 atom stereocenters. The normalized spacial score (nSPS) is 19.2. The molecular weight excluding hydrogens is 487 g/mol. The van der Waals surface area contributed by atoms with Crippen LogP contribution in [0, 0.1) is 5.92 Å². The lowest BCUT2D eigenvalue weighted by Crippen LogP contribution is -2.41. The van der Waals surface area contributed by atoms with Gasteiger partial charge < -0.3 is 19.7 Å². The molecule has 0 amide bonds. The topological polar surface area (TPSA) is 85.9 Å². The maximum absolute atomic E-state index is 12.4. The molecule has 3 rings (SSSR count). The first-order valence-corrected chi connectivity index (χ1v) is 10.4. The van der Waals surface area contributed by atoms with Crippen molar-refractivity contribution in [3.63, 3.8) is 0 Å². The number of aromatic nitrogens is 3. The fourth-order valence-corrected chi connectivity index (χ4v) is 3.91. The molecule has 1 unspecified atom stereocenters. The Kier molecular flexibility index (Phi) is 10.4. The molecule has 0 saturated carbocycles. The second-order valence-electron chi connectivity index (χ2n) is 7.53. The predicted octanol–water partition coefficient (Wildman–Crippen LogP) is 0.950. The van der Waals surface area contributed by atoms with Crippen LogP contribution >= 0.6 is 24.0 Å². The van der Waals surface area contributed by atoms with Crippen molar-refractivity contribution in [3.05, 3.63) is 16.3 Å². The van der Waals surface area contributed by atoms with E-state index in [1.54, 1.807) is 11.8 Å². The van der Waals surface area contributed by atoms with Gasteiger partial charge in [0.25, 0.3) is 0 Å². The number of hydrogen-bond acceptors (Lipinski definition) is 5. The van der Waals surface area contributed by atoms with Crippen molar-refractivity contribution in [3.8, 4) is 0 Å². The SMILES string of the molecule is CN=C(NCCCn1nc2n(c1=O)CCCC2)N1CCC(COCCOC)C1.I.